The van der Waals surface area contributed by atoms with Gasteiger partial charge in [-0.05, 0) is 55.7 Å². The van der Waals surface area contributed by atoms with Crippen molar-refractivity contribution >= 4 is 15.9 Å². The molecule has 2 aliphatic rings. The fourth-order valence-corrected chi connectivity index (χ4v) is 4.67. The number of carbonyl (C=O) groups excluding carboxylic acids is 1. The Balaban J connectivity index is 1.72. The van der Waals surface area contributed by atoms with Crippen LogP contribution >= 0.6 is 0 Å². The first kappa shape index (κ1) is 16.5. The Morgan fingerprint density at radius 1 is 1.22 bits per heavy atom. The van der Waals surface area contributed by atoms with Crippen molar-refractivity contribution in [2.24, 2.45) is 22.9 Å². The maximum absolute atomic E-state index is 12.8. The summed E-state index contributed by atoms with van der Waals surface area (Å²) in [4.78, 5) is 14.7. The van der Waals surface area contributed by atoms with E-state index in [2.05, 4.69) is 0 Å². The third kappa shape index (κ3) is 3.15. The molecule has 1 amide bonds. The number of rotatable bonds is 4. The second kappa shape index (κ2) is 5.91. The van der Waals surface area contributed by atoms with Crippen LogP contribution in [0.3, 0.4) is 0 Å². The number of nitrogens with zero attached hydrogens (tertiary/aromatic N) is 1. The second-order valence-electron chi connectivity index (χ2n) is 7.02. The van der Waals surface area contributed by atoms with Gasteiger partial charge in [0, 0.05) is 13.0 Å². The molecule has 23 heavy (non-hydrogen) atoms. The molecule has 0 heterocycles. The van der Waals surface area contributed by atoms with E-state index in [9.17, 15) is 13.2 Å². The molecule has 2 aliphatic carbocycles. The summed E-state index contributed by atoms with van der Waals surface area (Å²) >= 11 is 0. The Bertz CT molecular complexity index is 699. The number of amides is 1. The molecule has 2 saturated carbocycles. The Labute approximate surface area is 137 Å². The van der Waals surface area contributed by atoms with Crippen molar-refractivity contribution in [3.63, 3.8) is 0 Å². The SMILES string of the molecule is CC(c1ccc(S(N)(=O)=O)cc1)N(C)C(=O)C1CC2CCC1C2. The minimum Gasteiger partial charge on any atom is -0.339 e. The molecule has 1 aromatic rings. The number of carbonyl (C=O) groups is 1. The summed E-state index contributed by atoms with van der Waals surface area (Å²) in [5.41, 5.74) is 0.913. The van der Waals surface area contributed by atoms with Crippen LogP contribution in [0.1, 0.15) is 44.2 Å². The van der Waals surface area contributed by atoms with Crippen molar-refractivity contribution < 1.29 is 13.2 Å². The van der Waals surface area contributed by atoms with Crippen LogP contribution in [0.25, 0.3) is 0 Å². The molecule has 0 radical (unpaired) electrons. The molecule has 2 N–H and O–H groups in total. The van der Waals surface area contributed by atoms with E-state index in [1.54, 1.807) is 17.0 Å². The lowest BCUT2D eigenvalue weighted by Gasteiger charge is -2.31. The monoisotopic (exact) mass is 336 g/mol. The molecule has 5 nitrogen and oxygen atoms in total. The predicted molar refractivity (Wildman–Crippen MR) is 87.9 cm³/mol. The minimum absolute atomic E-state index is 0.0869. The van der Waals surface area contributed by atoms with E-state index in [1.807, 2.05) is 14.0 Å². The standard InChI is InChI=1S/C17H24N2O3S/c1-11(13-5-7-15(8-6-13)23(18,21)22)19(2)17(20)16-10-12-3-4-14(16)9-12/h5-8,11-12,14,16H,3-4,9-10H2,1-2H3,(H2,18,21,22). The molecule has 2 fully saturated rings. The highest BCUT2D eigenvalue weighted by molar-refractivity contribution is 7.89. The minimum atomic E-state index is -3.68. The normalized spacial score (nSPS) is 27.9. The summed E-state index contributed by atoms with van der Waals surface area (Å²) in [5.74, 6) is 1.70. The molecule has 6 heteroatoms. The zero-order valence-corrected chi connectivity index (χ0v) is 14.4. The van der Waals surface area contributed by atoms with Gasteiger partial charge in [-0.15, -0.1) is 0 Å². The summed E-state index contributed by atoms with van der Waals surface area (Å²) in [6.45, 7) is 1.97. The van der Waals surface area contributed by atoms with E-state index < -0.39 is 10.0 Å². The van der Waals surface area contributed by atoms with Gasteiger partial charge in [0.25, 0.3) is 0 Å². The number of primary sulfonamides is 1. The molecule has 2 bridgehead atoms. The summed E-state index contributed by atoms with van der Waals surface area (Å²) in [5, 5.41) is 5.12. The summed E-state index contributed by atoms with van der Waals surface area (Å²) in [6, 6.07) is 6.37. The maximum Gasteiger partial charge on any atom is 0.238 e. The lowest BCUT2D eigenvalue weighted by molar-refractivity contribution is -0.137. The quantitative estimate of drug-likeness (QED) is 0.916. The fourth-order valence-electron chi connectivity index (χ4n) is 4.16. The Hall–Kier alpha value is -1.40. The van der Waals surface area contributed by atoms with E-state index in [-0.39, 0.29) is 22.8 Å². The highest BCUT2D eigenvalue weighted by Gasteiger charge is 2.44. The first-order valence-electron chi connectivity index (χ1n) is 8.17. The maximum atomic E-state index is 12.8. The Morgan fingerprint density at radius 3 is 2.35 bits per heavy atom. The topological polar surface area (TPSA) is 80.5 Å². The highest BCUT2D eigenvalue weighted by Crippen LogP contribution is 2.49. The molecule has 4 unspecified atom stereocenters. The number of nitrogens with two attached hydrogens (primary N) is 1. The smallest absolute Gasteiger partial charge is 0.238 e. The molecule has 0 aliphatic heterocycles. The zero-order valence-electron chi connectivity index (χ0n) is 13.6. The van der Waals surface area contributed by atoms with Gasteiger partial charge in [0.2, 0.25) is 15.9 Å². The first-order chi connectivity index (χ1) is 10.8. The van der Waals surface area contributed by atoms with Gasteiger partial charge < -0.3 is 4.90 Å². The van der Waals surface area contributed by atoms with Crippen molar-refractivity contribution in [3.05, 3.63) is 29.8 Å². The van der Waals surface area contributed by atoms with Gasteiger partial charge in [0.1, 0.15) is 0 Å². The largest absolute Gasteiger partial charge is 0.339 e. The summed E-state index contributed by atoms with van der Waals surface area (Å²) in [6.07, 6.45) is 4.71. The van der Waals surface area contributed by atoms with Crippen LogP contribution in [0, 0.1) is 17.8 Å². The average Bonchev–Trinajstić information content (AvgIpc) is 3.15. The third-order valence-electron chi connectivity index (χ3n) is 5.67. The number of benzene rings is 1. The molecule has 1 aromatic carbocycles. The summed E-state index contributed by atoms with van der Waals surface area (Å²) < 4.78 is 22.6. The summed E-state index contributed by atoms with van der Waals surface area (Å²) in [7, 11) is -1.84. The molecule has 0 saturated heterocycles. The van der Waals surface area contributed by atoms with Gasteiger partial charge in [0.15, 0.2) is 0 Å². The van der Waals surface area contributed by atoms with Gasteiger partial charge in [-0.1, -0.05) is 18.6 Å². The van der Waals surface area contributed by atoms with E-state index in [1.165, 1.54) is 31.4 Å². The van der Waals surface area contributed by atoms with E-state index in [0.717, 1.165) is 17.9 Å². The van der Waals surface area contributed by atoms with Crippen molar-refractivity contribution in [1.29, 1.82) is 0 Å². The predicted octanol–water partition coefficient (Wildman–Crippen LogP) is 2.29. The number of fused-ring (bicyclic) bond motifs is 2. The molecule has 4 atom stereocenters. The second-order valence-corrected chi connectivity index (χ2v) is 8.58. The van der Waals surface area contributed by atoms with Crippen LogP contribution in [0.15, 0.2) is 29.2 Å². The van der Waals surface area contributed by atoms with E-state index in [0.29, 0.717) is 5.92 Å². The number of sulfonamides is 1. The molecule has 126 valence electrons. The zero-order chi connectivity index (χ0) is 16.8. The van der Waals surface area contributed by atoms with Gasteiger partial charge in [-0.25, -0.2) is 13.6 Å². The number of hydrogen-bond acceptors (Lipinski definition) is 3. The van der Waals surface area contributed by atoms with Crippen molar-refractivity contribution in [2.45, 2.75) is 43.5 Å². The highest BCUT2D eigenvalue weighted by atomic mass is 32.2. The fraction of sp³-hybridized carbons (Fsp3) is 0.588. The van der Waals surface area contributed by atoms with Gasteiger partial charge in [-0.3, -0.25) is 4.79 Å². The molecule has 3 rings (SSSR count). The van der Waals surface area contributed by atoms with Crippen molar-refractivity contribution in [3.8, 4) is 0 Å². The van der Waals surface area contributed by atoms with Gasteiger partial charge in [0.05, 0.1) is 10.9 Å². The van der Waals surface area contributed by atoms with Crippen LogP contribution in [-0.2, 0) is 14.8 Å². The van der Waals surface area contributed by atoms with Crippen LogP contribution in [0.4, 0.5) is 0 Å². The lowest BCUT2D eigenvalue weighted by Crippen LogP contribution is -2.37. The lowest BCUT2D eigenvalue weighted by atomic mass is 9.87. The van der Waals surface area contributed by atoms with Crippen LogP contribution in [0.5, 0.6) is 0 Å². The Kier molecular flexibility index (Phi) is 4.23. The number of hydrogen-bond donors (Lipinski definition) is 1. The molecular formula is C17H24N2O3S. The molecular weight excluding hydrogens is 312 g/mol. The average molecular weight is 336 g/mol. The van der Waals surface area contributed by atoms with Crippen LogP contribution in [0.2, 0.25) is 0 Å². The van der Waals surface area contributed by atoms with Crippen molar-refractivity contribution in [2.75, 3.05) is 7.05 Å². The van der Waals surface area contributed by atoms with E-state index >= 15 is 0 Å². The van der Waals surface area contributed by atoms with Gasteiger partial charge >= 0.3 is 0 Å². The first-order valence-corrected chi connectivity index (χ1v) is 9.71. The van der Waals surface area contributed by atoms with E-state index in [4.69, 9.17) is 5.14 Å². The van der Waals surface area contributed by atoms with Crippen molar-refractivity contribution in [1.82, 2.24) is 4.90 Å². The molecule has 0 aromatic heterocycles. The van der Waals surface area contributed by atoms with Gasteiger partial charge in [-0.2, -0.15) is 0 Å². The Morgan fingerprint density at radius 2 is 1.87 bits per heavy atom. The van der Waals surface area contributed by atoms with Crippen LogP contribution in [-0.4, -0.2) is 26.3 Å². The van der Waals surface area contributed by atoms with Crippen LogP contribution < -0.4 is 5.14 Å². The third-order valence-corrected chi connectivity index (χ3v) is 6.60. The molecule has 0 spiro atoms.